The molecule has 0 radical (unpaired) electrons. The second kappa shape index (κ2) is 5.03. The molecule has 0 aromatic carbocycles. The summed E-state index contributed by atoms with van der Waals surface area (Å²) in [5, 5.41) is 0. The number of rotatable bonds is 4. The van der Waals surface area contributed by atoms with E-state index < -0.39 is 0 Å². The smallest absolute Gasteiger partial charge is 0.105 e. The highest BCUT2D eigenvalue weighted by Crippen LogP contribution is 2.23. The largest absolute Gasteiger partial charge is 0.397 e. The summed E-state index contributed by atoms with van der Waals surface area (Å²) in [6, 6.07) is 1.95. The standard InChI is InChI=1S/C11H14N4S/c1-9-14-4-5-15(9)6-7-16-11-2-3-13-8-10(11)12/h2-5,8H,6-7,12H2,1H3. The van der Waals surface area contributed by atoms with E-state index in [0.29, 0.717) is 0 Å². The summed E-state index contributed by atoms with van der Waals surface area (Å²) in [5.41, 5.74) is 6.55. The Morgan fingerprint density at radius 1 is 1.44 bits per heavy atom. The van der Waals surface area contributed by atoms with Crippen LogP contribution in [0.2, 0.25) is 0 Å². The van der Waals surface area contributed by atoms with Crippen molar-refractivity contribution in [1.82, 2.24) is 14.5 Å². The van der Waals surface area contributed by atoms with Gasteiger partial charge in [-0.15, -0.1) is 11.8 Å². The van der Waals surface area contributed by atoms with E-state index in [2.05, 4.69) is 14.5 Å². The molecule has 2 aromatic rings. The number of anilines is 1. The first-order chi connectivity index (χ1) is 7.77. The van der Waals surface area contributed by atoms with Crippen molar-refractivity contribution in [3.8, 4) is 0 Å². The van der Waals surface area contributed by atoms with Gasteiger partial charge in [0.25, 0.3) is 0 Å². The minimum absolute atomic E-state index is 0.745. The van der Waals surface area contributed by atoms with Gasteiger partial charge in [-0.2, -0.15) is 0 Å². The molecule has 0 aliphatic heterocycles. The van der Waals surface area contributed by atoms with E-state index in [9.17, 15) is 0 Å². The topological polar surface area (TPSA) is 56.7 Å². The van der Waals surface area contributed by atoms with Gasteiger partial charge in [0.2, 0.25) is 0 Å². The molecule has 0 aliphatic rings. The summed E-state index contributed by atoms with van der Waals surface area (Å²) in [7, 11) is 0. The van der Waals surface area contributed by atoms with E-state index in [0.717, 1.165) is 28.7 Å². The zero-order valence-corrected chi connectivity index (χ0v) is 9.94. The third-order valence-electron chi connectivity index (χ3n) is 2.32. The summed E-state index contributed by atoms with van der Waals surface area (Å²) < 4.78 is 2.13. The minimum atomic E-state index is 0.745. The summed E-state index contributed by atoms with van der Waals surface area (Å²) in [5.74, 6) is 2.02. The van der Waals surface area contributed by atoms with Crippen LogP contribution in [0.4, 0.5) is 5.69 Å². The number of aromatic nitrogens is 3. The summed E-state index contributed by atoms with van der Waals surface area (Å²) in [4.78, 5) is 9.23. The maximum atomic E-state index is 5.81. The number of pyridine rings is 1. The van der Waals surface area contributed by atoms with E-state index in [1.165, 1.54) is 0 Å². The Bertz CT molecular complexity index is 467. The van der Waals surface area contributed by atoms with Gasteiger partial charge in [0, 0.05) is 35.8 Å². The van der Waals surface area contributed by atoms with Gasteiger partial charge < -0.3 is 10.3 Å². The van der Waals surface area contributed by atoms with Crippen molar-refractivity contribution < 1.29 is 0 Å². The molecule has 0 fully saturated rings. The highest BCUT2D eigenvalue weighted by molar-refractivity contribution is 7.99. The summed E-state index contributed by atoms with van der Waals surface area (Å²) in [6.07, 6.45) is 7.26. The van der Waals surface area contributed by atoms with Gasteiger partial charge in [-0.1, -0.05) is 0 Å². The lowest BCUT2D eigenvalue weighted by Gasteiger charge is -2.06. The fraction of sp³-hybridized carbons (Fsp3) is 0.273. The number of nitrogens with two attached hydrogens (primary N) is 1. The zero-order valence-electron chi connectivity index (χ0n) is 9.13. The van der Waals surface area contributed by atoms with Crippen molar-refractivity contribution in [3.05, 3.63) is 36.7 Å². The third kappa shape index (κ3) is 2.55. The van der Waals surface area contributed by atoms with Crippen molar-refractivity contribution in [2.45, 2.75) is 18.4 Å². The van der Waals surface area contributed by atoms with Crippen molar-refractivity contribution in [3.63, 3.8) is 0 Å². The van der Waals surface area contributed by atoms with Gasteiger partial charge in [0.15, 0.2) is 0 Å². The van der Waals surface area contributed by atoms with Crippen LogP contribution in [-0.4, -0.2) is 20.3 Å². The molecule has 0 spiro atoms. The van der Waals surface area contributed by atoms with Gasteiger partial charge in [-0.05, 0) is 13.0 Å². The molecule has 2 heterocycles. The highest BCUT2D eigenvalue weighted by atomic mass is 32.2. The maximum Gasteiger partial charge on any atom is 0.105 e. The van der Waals surface area contributed by atoms with Gasteiger partial charge >= 0.3 is 0 Å². The molecular weight excluding hydrogens is 220 g/mol. The predicted molar refractivity (Wildman–Crippen MR) is 66.3 cm³/mol. The van der Waals surface area contributed by atoms with Crippen LogP contribution in [0.1, 0.15) is 5.82 Å². The number of nitrogen functional groups attached to an aromatic ring is 1. The normalized spacial score (nSPS) is 10.6. The Kier molecular flexibility index (Phi) is 3.46. The lowest BCUT2D eigenvalue weighted by molar-refractivity contribution is 0.738. The lowest BCUT2D eigenvalue weighted by atomic mass is 10.4. The van der Waals surface area contributed by atoms with E-state index in [1.54, 1.807) is 24.2 Å². The number of aryl methyl sites for hydroxylation is 2. The summed E-state index contributed by atoms with van der Waals surface area (Å²) in [6.45, 7) is 2.95. The molecule has 5 heteroatoms. The molecule has 84 valence electrons. The van der Waals surface area contributed by atoms with Crippen LogP contribution in [0.15, 0.2) is 35.7 Å². The van der Waals surface area contributed by atoms with Crippen LogP contribution in [-0.2, 0) is 6.54 Å². The molecule has 0 aliphatic carbocycles. The van der Waals surface area contributed by atoms with Gasteiger partial charge in [0.05, 0.1) is 11.9 Å². The maximum absolute atomic E-state index is 5.81. The van der Waals surface area contributed by atoms with Crippen molar-refractivity contribution >= 4 is 17.4 Å². The van der Waals surface area contributed by atoms with E-state index in [1.807, 2.05) is 25.4 Å². The molecule has 0 amide bonds. The number of hydrogen-bond donors (Lipinski definition) is 1. The van der Waals surface area contributed by atoms with Crippen molar-refractivity contribution in [1.29, 1.82) is 0 Å². The third-order valence-corrected chi connectivity index (χ3v) is 3.39. The first kappa shape index (κ1) is 11.0. The molecule has 2 aromatic heterocycles. The Morgan fingerprint density at radius 2 is 2.31 bits per heavy atom. The molecule has 0 unspecified atom stereocenters. The lowest BCUT2D eigenvalue weighted by Crippen LogP contribution is -2.01. The van der Waals surface area contributed by atoms with E-state index in [-0.39, 0.29) is 0 Å². The first-order valence-electron chi connectivity index (χ1n) is 5.07. The first-order valence-corrected chi connectivity index (χ1v) is 6.06. The van der Waals surface area contributed by atoms with E-state index >= 15 is 0 Å². The molecule has 2 N–H and O–H groups in total. The van der Waals surface area contributed by atoms with Crippen LogP contribution in [0.25, 0.3) is 0 Å². The molecular formula is C11H14N4S. The van der Waals surface area contributed by atoms with Crippen molar-refractivity contribution in [2.24, 2.45) is 0 Å². The average molecular weight is 234 g/mol. The van der Waals surface area contributed by atoms with Crippen LogP contribution in [0.5, 0.6) is 0 Å². The molecule has 0 saturated heterocycles. The Hall–Kier alpha value is -1.49. The molecule has 0 bridgehead atoms. The summed E-state index contributed by atoms with van der Waals surface area (Å²) >= 11 is 1.74. The number of nitrogens with zero attached hydrogens (tertiary/aromatic N) is 3. The quantitative estimate of drug-likeness (QED) is 0.822. The van der Waals surface area contributed by atoms with Gasteiger partial charge in [-0.25, -0.2) is 4.98 Å². The van der Waals surface area contributed by atoms with Crippen LogP contribution in [0, 0.1) is 6.92 Å². The molecule has 4 nitrogen and oxygen atoms in total. The molecule has 16 heavy (non-hydrogen) atoms. The predicted octanol–water partition coefficient (Wildman–Crippen LogP) is 1.96. The van der Waals surface area contributed by atoms with Crippen molar-refractivity contribution in [2.75, 3.05) is 11.5 Å². The second-order valence-electron chi connectivity index (χ2n) is 3.43. The van der Waals surface area contributed by atoms with Gasteiger partial charge in [-0.3, -0.25) is 4.98 Å². The van der Waals surface area contributed by atoms with Gasteiger partial charge in [0.1, 0.15) is 5.82 Å². The SMILES string of the molecule is Cc1nccn1CCSc1ccncc1N. The Morgan fingerprint density at radius 3 is 3.00 bits per heavy atom. The Balaban J connectivity index is 1.89. The molecule has 0 saturated carbocycles. The monoisotopic (exact) mass is 234 g/mol. The van der Waals surface area contributed by atoms with Crippen LogP contribution >= 0.6 is 11.8 Å². The minimum Gasteiger partial charge on any atom is -0.397 e. The number of imidazole rings is 1. The molecule has 0 atom stereocenters. The molecule has 2 rings (SSSR count). The Labute approximate surface area is 98.9 Å². The zero-order chi connectivity index (χ0) is 11.4. The number of thioether (sulfide) groups is 1. The highest BCUT2D eigenvalue weighted by Gasteiger charge is 2.00. The van der Waals surface area contributed by atoms with E-state index in [4.69, 9.17) is 5.73 Å². The van der Waals surface area contributed by atoms with Crippen LogP contribution in [0.3, 0.4) is 0 Å². The average Bonchev–Trinajstić information content (AvgIpc) is 2.67. The van der Waals surface area contributed by atoms with Crippen LogP contribution < -0.4 is 5.73 Å². The second-order valence-corrected chi connectivity index (χ2v) is 4.57. The number of hydrogen-bond acceptors (Lipinski definition) is 4. The fourth-order valence-electron chi connectivity index (χ4n) is 1.42. The fourth-order valence-corrected chi connectivity index (χ4v) is 2.30.